The highest BCUT2D eigenvalue weighted by Gasteiger charge is 2.68. The Kier molecular flexibility index (Phi) is 15.0. The monoisotopic (exact) mass is 1100 g/mol. The van der Waals surface area contributed by atoms with E-state index in [-0.39, 0.29) is 96.2 Å². The largest absolute Gasteiger partial charge is 0.482 e. The minimum Gasteiger partial charge on any atom is -0.482 e. The van der Waals surface area contributed by atoms with Crippen LogP contribution in [0, 0.1) is 35.5 Å². The maximum absolute atomic E-state index is 15.8. The van der Waals surface area contributed by atoms with Gasteiger partial charge in [0.15, 0.2) is 17.8 Å². The molecule has 0 radical (unpaired) electrons. The summed E-state index contributed by atoms with van der Waals surface area (Å²) in [4.78, 5) is 45.9. The highest BCUT2D eigenvalue weighted by molar-refractivity contribution is 5.90. The van der Waals surface area contributed by atoms with Crippen molar-refractivity contribution in [1.29, 1.82) is 0 Å². The van der Waals surface area contributed by atoms with E-state index < -0.39 is 47.9 Å². The van der Waals surface area contributed by atoms with Crippen LogP contribution >= 0.6 is 0 Å². The summed E-state index contributed by atoms with van der Waals surface area (Å²) in [5.41, 5.74) is 7.83. The average molecular weight is 1100 g/mol. The van der Waals surface area contributed by atoms with Crippen LogP contribution in [-0.2, 0) is 48.7 Å². The van der Waals surface area contributed by atoms with Gasteiger partial charge in [0.05, 0.1) is 25.4 Å². The summed E-state index contributed by atoms with van der Waals surface area (Å²) in [6, 6.07) is 31.0. The average Bonchev–Trinajstić information content (AvgIpc) is 3.64. The van der Waals surface area contributed by atoms with Crippen molar-refractivity contribution in [3.63, 3.8) is 0 Å². The van der Waals surface area contributed by atoms with Crippen LogP contribution in [0.4, 0.5) is 0 Å². The summed E-state index contributed by atoms with van der Waals surface area (Å²) >= 11 is 0. The lowest BCUT2D eigenvalue weighted by atomic mass is 9.50. The molecule has 4 heterocycles. The Morgan fingerprint density at radius 3 is 2.48 bits per heavy atom. The summed E-state index contributed by atoms with van der Waals surface area (Å²) in [6.45, 7) is 0.780. The van der Waals surface area contributed by atoms with E-state index in [1.165, 1.54) is 60.6 Å². The zero-order chi connectivity index (χ0) is 55.6. The standard InChI is InChI=1S/C70H80O11/c1-41(38-72)54-28-18-42-16-19-43(20-17-42)55-29-24-48(47-12-8-14-53(36-47)69-33-6-5-13-51(69)25-21-44-9-3-4-15-58(44)69)35-50(55)37-60(74)78-65-62-59(31-30-56-57(39-73)61(68(76)79-64(56)62)49(32-34-71)40-77-2)81-70(66(65)80-67(54)75)52-26-22-45-10-7-11-46(23-27-52)63(45)70/h3-4,8-9,12,14-17,19-20,22,26,30-31,36,45-46,48-52,55,63,65-66,71-73H,5-7,10-11,13,18,21,23-25,27-29,32-35,37-40H2,1-2H3/b54-41-/t45-,46+,48+,49-,50+,51-,52-,55-,63+,65-,66+,69-,70+/m1/s1. The van der Waals surface area contributed by atoms with Crippen LogP contribution < -0.4 is 10.4 Å². The molecule has 3 N–H and O–H groups in total. The SMILES string of the molecule is COC[C@@H](CCO)c1c(CO)c2ccc3c(c2oc1=O)[C@H]1OC(=O)C[C@@H]2C[C@@H](c4cccc([C@@]56CCCC[C@@H]5CCc5ccccc56)c4)CC[C@@H]2c2ccc(cc2)CC/C(=C(\C)CO)C(=O)O[C@@H]1[C@@]1(O3)[C@@H]2[C@H]3CCC[C@@H]2C=C[C@@H]1CC3. The van der Waals surface area contributed by atoms with Crippen molar-refractivity contribution < 1.29 is 48.3 Å². The first-order chi connectivity index (χ1) is 39.6. The highest BCUT2D eigenvalue weighted by atomic mass is 16.6. The first-order valence-electron chi connectivity index (χ1n) is 30.8. The molecule has 14 rings (SSSR count). The molecule has 426 valence electrons. The number of aliphatic hydroxyl groups is 3. The molecule has 4 saturated carbocycles. The first-order valence-corrected chi connectivity index (χ1v) is 30.8. The molecule has 3 aliphatic heterocycles. The van der Waals surface area contributed by atoms with E-state index >= 15 is 9.59 Å². The molecular formula is C70H80O11. The van der Waals surface area contributed by atoms with E-state index in [2.05, 4.69) is 84.9 Å². The second-order valence-corrected chi connectivity index (χ2v) is 25.6. The van der Waals surface area contributed by atoms with Crippen LogP contribution in [0.15, 0.2) is 117 Å². The van der Waals surface area contributed by atoms with Crippen LogP contribution in [0.1, 0.15) is 184 Å². The minimum atomic E-state index is -1.30. The third-order valence-electron chi connectivity index (χ3n) is 21.7. The lowest BCUT2D eigenvalue weighted by Crippen LogP contribution is -2.69. The Morgan fingerprint density at radius 1 is 0.790 bits per heavy atom. The van der Waals surface area contributed by atoms with Gasteiger partial charge in [-0.1, -0.05) is 104 Å². The number of hydrogen-bond donors (Lipinski definition) is 3. The number of aliphatic hydroxyl groups excluding tert-OH is 3. The molecule has 4 fully saturated rings. The Bertz CT molecular complexity index is 3310. The molecule has 5 aromatic rings. The van der Waals surface area contributed by atoms with Gasteiger partial charge < -0.3 is 38.7 Å². The van der Waals surface area contributed by atoms with Gasteiger partial charge in [-0.25, -0.2) is 9.59 Å². The maximum atomic E-state index is 15.8. The molecule has 4 aromatic carbocycles. The second-order valence-electron chi connectivity index (χ2n) is 25.6. The number of fused-ring (bicyclic) bond motifs is 14. The number of benzene rings is 4. The molecule has 0 saturated heterocycles. The van der Waals surface area contributed by atoms with Gasteiger partial charge in [0.25, 0.3) is 0 Å². The molecule has 11 nitrogen and oxygen atoms in total. The fourth-order valence-electron chi connectivity index (χ4n) is 18.1. The Hall–Kier alpha value is -5.85. The highest BCUT2D eigenvalue weighted by Crippen LogP contribution is 2.63. The summed E-state index contributed by atoms with van der Waals surface area (Å²) in [5.74, 6) is -0.443. The quantitative estimate of drug-likeness (QED) is 0.0557. The summed E-state index contributed by atoms with van der Waals surface area (Å²) in [7, 11) is 1.53. The minimum absolute atomic E-state index is 0.0162. The maximum Gasteiger partial charge on any atom is 0.340 e. The molecule has 1 spiro atoms. The normalized spacial score (nSPS) is 32.5. The van der Waals surface area contributed by atoms with Crippen molar-refractivity contribution in [2.45, 2.75) is 170 Å². The molecule has 81 heavy (non-hydrogen) atoms. The van der Waals surface area contributed by atoms with Crippen LogP contribution in [0.3, 0.4) is 0 Å². The molecule has 9 aliphatic rings. The molecule has 0 amide bonds. The number of rotatable bonds is 9. The van der Waals surface area contributed by atoms with E-state index in [9.17, 15) is 20.1 Å². The van der Waals surface area contributed by atoms with Crippen LogP contribution in [0.25, 0.3) is 11.0 Å². The number of allylic oxidation sites excluding steroid dienone is 1. The Balaban J connectivity index is 0.953. The van der Waals surface area contributed by atoms with Crippen molar-refractivity contribution in [3.05, 3.63) is 169 Å². The summed E-state index contributed by atoms with van der Waals surface area (Å²) in [6.07, 6.45) is 17.8. The number of carbonyl (C=O) groups is 2. The number of carbonyl (C=O) groups excluding carboxylic acids is 2. The predicted molar refractivity (Wildman–Crippen MR) is 309 cm³/mol. The van der Waals surface area contributed by atoms with Gasteiger partial charge >= 0.3 is 17.6 Å². The van der Waals surface area contributed by atoms with Crippen molar-refractivity contribution in [2.24, 2.45) is 35.5 Å². The smallest absolute Gasteiger partial charge is 0.340 e. The van der Waals surface area contributed by atoms with Crippen LogP contribution in [0.5, 0.6) is 5.75 Å². The van der Waals surface area contributed by atoms with Gasteiger partial charge in [0, 0.05) is 59.8 Å². The van der Waals surface area contributed by atoms with Crippen molar-refractivity contribution >= 4 is 22.9 Å². The van der Waals surface area contributed by atoms with E-state index in [4.69, 9.17) is 23.4 Å². The fraction of sp³-hybridized carbons (Fsp3) is 0.529. The van der Waals surface area contributed by atoms with Crippen LogP contribution in [-0.4, -0.2) is 65.9 Å². The predicted octanol–water partition coefficient (Wildman–Crippen LogP) is 12.5. The van der Waals surface area contributed by atoms with E-state index in [0.717, 1.165) is 69.8 Å². The number of ether oxygens (including phenoxy) is 4. The number of esters is 2. The molecular weight excluding hydrogens is 1020 g/mol. The van der Waals surface area contributed by atoms with Crippen molar-refractivity contribution in [3.8, 4) is 5.75 Å². The van der Waals surface area contributed by atoms with Crippen molar-refractivity contribution in [1.82, 2.24) is 0 Å². The van der Waals surface area contributed by atoms with Crippen molar-refractivity contribution in [2.75, 3.05) is 26.9 Å². The van der Waals surface area contributed by atoms with Gasteiger partial charge in [0.1, 0.15) is 11.3 Å². The Labute approximate surface area is 476 Å². The third-order valence-corrected chi connectivity index (χ3v) is 21.7. The van der Waals surface area contributed by atoms with E-state index in [1.807, 2.05) is 6.07 Å². The lowest BCUT2D eigenvalue weighted by molar-refractivity contribution is -0.235. The molecule has 4 bridgehead atoms. The Morgan fingerprint density at radius 2 is 1.65 bits per heavy atom. The van der Waals surface area contributed by atoms with Crippen LogP contribution in [0.2, 0.25) is 0 Å². The van der Waals surface area contributed by atoms with Gasteiger partial charge in [-0.05, 0) is 189 Å². The van der Waals surface area contributed by atoms with Gasteiger partial charge in [-0.2, -0.15) is 0 Å². The van der Waals surface area contributed by atoms with E-state index in [0.29, 0.717) is 46.6 Å². The van der Waals surface area contributed by atoms with Gasteiger partial charge in [-0.15, -0.1) is 0 Å². The lowest BCUT2D eigenvalue weighted by Gasteiger charge is -2.62. The zero-order valence-electron chi connectivity index (χ0n) is 47.3. The molecule has 13 atom stereocenters. The van der Waals surface area contributed by atoms with Gasteiger partial charge in [-0.3, -0.25) is 4.79 Å². The molecule has 0 unspecified atom stereocenters. The number of methoxy groups -OCH3 is 1. The molecule has 1 aromatic heterocycles. The molecule has 11 heteroatoms. The zero-order valence-corrected chi connectivity index (χ0v) is 47.3. The first kappa shape index (κ1) is 54.4. The fourth-order valence-corrected chi connectivity index (χ4v) is 18.1. The second kappa shape index (κ2) is 22.4. The number of hydrogen-bond acceptors (Lipinski definition) is 11. The number of aryl methyl sites for hydroxylation is 2. The summed E-state index contributed by atoms with van der Waals surface area (Å²) in [5, 5.41) is 32.6. The topological polar surface area (TPSA) is 162 Å². The molecule has 6 aliphatic carbocycles. The summed E-state index contributed by atoms with van der Waals surface area (Å²) < 4.78 is 34.0. The van der Waals surface area contributed by atoms with Gasteiger partial charge in [0.2, 0.25) is 0 Å². The third kappa shape index (κ3) is 9.26. The van der Waals surface area contributed by atoms with E-state index in [1.54, 1.807) is 13.0 Å².